The van der Waals surface area contributed by atoms with E-state index in [9.17, 15) is 4.79 Å². The number of nitrogens with two attached hydrogens (primary N) is 1. The summed E-state index contributed by atoms with van der Waals surface area (Å²) in [5.41, 5.74) is 6.56. The molecule has 0 aromatic carbocycles. The van der Waals surface area contributed by atoms with Gasteiger partial charge in [-0.05, 0) is 31.5 Å². The van der Waals surface area contributed by atoms with Gasteiger partial charge in [0.25, 0.3) is 0 Å². The number of nitrogens with zero attached hydrogens (tertiary/aromatic N) is 5. The summed E-state index contributed by atoms with van der Waals surface area (Å²) >= 11 is 2.93. The molecule has 0 aliphatic rings. The van der Waals surface area contributed by atoms with Crippen molar-refractivity contribution in [2.24, 2.45) is 21.7 Å². The lowest BCUT2D eigenvalue weighted by molar-refractivity contribution is -0.118. The van der Waals surface area contributed by atoms with Gasteiger partial charge >= 0.3 is 0 Å². The molecule has 164 valence electrons. The Morgan fingerprint density at radius 2 is 2.23 bits per heavy atom. The Labute approximate surface area is 187 Å². The van der Waals surface area contributed by atoms with Crippen molar-refractivity contribution in [2.45, 2.75) is 39.9 Å². The van der Waals surface area contributed by atoms with Crippen molar-refractivity contribution in [3.63, 3.8) is 0 Å². The second kappa shape index (κ2) is 13.8. The third kappa shape index (κ3) is 9.47. The standard InChI is InChI=1S/C20H31N7OS2/c1-6-26(5)17(4)25-19(11-18(22)7-8-21)30-16(3)15(2)12-24-27(14-28)13-20-23-9-10-29-20/h7-10,12,14-15,17,21H,3,6,11,13,22H2,1-2,4-5H3/b18-7?,21-8?,24-12-,25-19?. The van der Waals surface area contributed by atoms with Crippen LogP contribution < -0.4 is 5.73 Å². The third-order valence-corrected chi connectivity index (χ3v) is 6.10. The van der Waals surface area contributed by atoms with Gasteiger partial charge in [-0.15, -0.1) is 11.3 Å². The molecule has 0 aliphatic heterocycles. The minimum Gasteiger partial charge on any atom is -0.402 e. The molecule has 1 aromatic rings. The average molecular weight is 450 g/mol. The van der Waals surface area contributed by atoms with Gasteiger partial charge in [-0.3, -0.25) is 14.7 Å². The number of hydrogen-bond acceptors (Lipinski definition) is 9. The fraction of sp³-hybridized carbons (Fsp3) is 0.450. The van der Waals surface area contributed by atoms with Crippen LogP contribution >= 0.6 is 23.1 Å². The summed E-state index contributed by atoms with van der Waals surface area (Å²) in [7, 11) is 2.01. The van der Waals surface area contributed by atoms with Crippen molar-refractivity contribution >= 4 is 47.0 Å². The van der Waals surface area contributed by atoms with Gasteiger partial charge in [0.2, 0.25) is 6.41 Å². The number of thioether (sulfide) groups is 1. The predicted octanol–water partition coefficient (Wildman–Crippen LogP) is 3.55. The molecular formula is C20H31N7OS2. The molecule has 1 rings (SSSR count). The van der Waals surface area contributed by atoms with E-state index in [1.165, 1.54) is 34.3 Å². The maximum Gasteiger partial charge on any atom is 0.230 e. The first-order chi connectivity index (χ1) is 14.3. The van der Waals surface area contributed by atoms with Crippen LogP contribution in [-0.4, -0.2) is 58.5 Å². The molecule has 0 radical (unpaired) electrons. The fourth-order valence-electron chi connectivity index (χ4n) is 2.11. The van der Waals surface area contributed by atoms with E-state index in [1.54, 1.807) is 18.5 Å². The Morgan fingerprint density at radius 1 is 1.50 bits per heavy atom. The zero-order valence-electron chi connectivity index (χ0n) is 18.0. The van der Waals surface area contributed by atoms with Crippen LogP contribution in [0.3, 0.4) is 0 Å². The number of hydrazone groups is 1. The first kappa shape index (κ1) is 25.7. The molecule has 0 saturated carbocycles. The van der Waals surface area contributed by atoms with E-state index >= 15 is 0 Å². The van der Waals surface area contributed by atoms with Crippen LogP contribution in [-0.2, 0) is 11.3 Å². The maximum absolute atomic E-state index is 11.3. The Balaban J connectivity index is 2.84. The molecule has 2 atom stereocenters. The fourth-order valence-corrected chi connectivity index (χ4v) is 3.71. The Kier molecular flexibility index (Phi) is 11.9. The van der Waals surface area contributed by atoms with Gasteiger partial charge in [0, 0.05) is 42.0 Å². The van der Waals surface area contributed by atoms with Crippen LogP contribution in [0.2, 0.25) is 0 Å². The summed E-state index contributed by atoms with van der Waals surface area (Å²) in [6, 6.07) is 0. The highest BCUT2D eigenvalue weighted by molar-refractivity contribution is 8.17. The molecule has 8 nitrogen and oxygen atoms in total. The number of hydrogen-bond donors (Lipinski definition) is 2. The number of carbonyl (C=O) groups excluding carboxylic acids is 1. The minimum atomic E-state index is -0.0916. The first-order valence-corrected chi connectivity index (χ1v) is 11.2. The first-order valence-electron chi connectivity index (χ1n) is 9.53. The van der Waals surface area contributed by atoms with Crippen LogP contribution in [0.25, 0.3) is 0 Å². The predicted molar refractivity (Wildman–Crippen MR) is 129 cm³/mol. The number of thiazole rings is 1. The molecule has 3 N–H and O–H groups in total. The number of rotatable bonds is 13. The van der Waals surface area contributed by atoms with Gasteiger partial charge in [0.05, 0.1) is 17.8 Å². The Hall–Kier alpha value is -2.30. The third-order valence-electron chi connectivity index (χ3n) is 4.22. The zero-order valence-corrected chi connectivity index (χ0v) is 19.6. The maximum atomic E-state index is 11.3. The molecule has 1 heterocycles. The molecular weight excluding hydrogens is 418 g/mol. The van der Waals surface area contributed by atoms with Crippen LogP contribution in [0.5, 0.6) is 0 Å². The van der Waals surface area contributed by atoms with E-state index in [2.05, 4.69) is 28.5 Å². The summed E-state index contributed by atoms with van der Waals surface area (Å²) in [6.45, 7) is 11.4. The van der Waals surface area contributed by atoms with Crippen molar-refractivity contribution in [3.8, 4) is 0 Å². The van der Waals surface area contributed by atoms with Crippen LogP contribution in [0, 0.1) is 11.3 Å². The van der Waals surface area contributed by atoms with Crippen LogP contribution in [0.15, 0.2) is 44.9 Å². The van der Waals surface area contributed by atoms with Crippen molar-refractivity contribution < 1.29 is 4.79 Å². The molecule has 2 unspecified atom stereocenters. The normalized spacial score (nSPS) is 14.7. The number of aliphatic imine (C=N–C) groups is 1. The summed E-state index contributed by atoms with van der Waals surface area (Å²) < 4.78 is 0. The largest absolute Gasteiger partial charge is 0.402 e. The highest BCUT2D eigenvalue weighted by Crippen LogP contribution is 2.26. The number of allylic oxidation sites excluding steroid dienone is 3. The highest BCUT2D eigenvalue weighted by atomic mass is 32.2. The molecule has 10 heteroatoms. The van der Waals surface area contributed by atoms with Gasteiger partial charge in [0.1, 0.15) is 5.01 Å². The van der Waals surface area contributed by atoms with Crippen LogP contribution in [0.1, 0.15) is 32.2 Å². The summed E-state index contributed by atoms with van der Waals surface area (Å²) in [5.74, 6) is -0.0916. The molecule has 1 aromatic heterocycles. The average Bonchev–Trinajstić information content (AvgIpc) is 3.23. The lowest BCUT2D eigenvalue weighted by Gasteiger charge is -2.21. The summed E-state index contributed by atoms with van der Waals surface area (Å²) in [5, 5.41) is 16.3. The summed E-state index contributed by atoms with van der Waals surface area (Å²) in [6.07, 6.45) is 7.22. The highest BCUT2D eigenvalue weighted by Gasteiger charge is 2.14. The van der Waals surface area contributed by atoms with E-state index in [0.717, 1.165) is 21.5 Å². The van der Waals surface area contributed by atoms with Crippen molar-refractivity contribution in [2.75, 3.05) is 13.6 Å². The smallest absolute Gasteiger partial charge is 0.230 e. The Morgan fingerprint density at radius 3 is 2.80 bits per heavy atom. The molecule has 0 aliphatic carbocycles. The van der Waals surface area contributed by atoms with Crippen molar-refractivity contribution in [1.82, 2.24) is 14.9 Å². The number of nitrogens with one attached hydrogen (secondary N) is 1. The molecule has 1 amide bonds. The quantitative estimate of drug-likeness (QED) is 0.207. The number of aromatic nitrogens is 1. The van der Waals surface area contributed by atoms with Gasteiger partial charge < -0.3 is 11.1 Å². The lowest BCUT2D eigenvalue weighted by Crippen LogP contribution is -2.28. The van der Waals surface area contributed by atoms with E-state index in [-0.39, 0.29) is 12.1 Å². The number of amides is 1. The van der Waals surface area contributed by atoms with E-state index in [4.69, 9.17) is 16.1 Å². The topological polar surface area (TPSA) is 111 Å². The lowest BCUT2D eigenvalue weighted by atomic mass is 10.2. The van der Waals surface area contributed by atoms with E-state index < -0.39 is 0 Å². The monoisotopic (exact) mass is 449 g/mol. The Bertz CT molecular complexity index is 774. The second-order valence-corrected chi connectivity index (χ2v) is 8.74. The van der Waals surface area contributed by atoms with E-state index in [1.807, 2.05) is 26.3 Å². The van der Waals surface area contributed by atoms with Gasteiger partial charge in [-0.2, -0.15) is 5.10 Å². The van der Waals surface area contributed by atoms with E-state index in [0.29, 0.717) is 25.1 Å². The molecule has 0 saturated heterocycles. The summed E-state index contributed by atoms with van der Waals surface area (Å²) in [4.78, 5) is 23.2. The van der Waals surface area contributed by atoms with Crippen molar-refractivity contribution in [1.29, 1.82) is 5.41 Å². The molecule has 0 fully saturated rings. The zero-order chi connectivity index (χ0) is 22.5. The van der Waals surface area contributed by atoms with Crippen molar-refractivity contribution in [3.05, 3.63) is 39.8 Å². The van der Waals surface area contributed by atoms with Gasteiger partial charge in [-0.1, -0.05) is 32.2 Å². The van der Waals surface area contributed by atoms with Gasteiger partial charge in [-0.25, -0.2) is 9.99 Å². The second-order valence-electron chi connectivity index (χ2n) is 6.56. The molecule has 30 heavy (non-hydrogen) atoms. The molecule has 0 bridgehead atoms. The molecule has 0 spiro atoms. The van der Waals surface area contributed by atoms with Gasteiger partial charge in [0.15, 0.2) is 0 Å². The minimum absolute atomic E-state index is 0.00842. The number of carbonyl (C=O) groups is 1. The van der Waals surface area contributed by atoms with Crippen LogP contribution in [0.4, 0.5) is 0 Å². The SMILES string of the molecule is C=C(SC(CC(N)=CC=N)=NC(C)N(C)CC)C(C)/C=N\N(C=O)Cc1nccs1.